The number of aliphatic hydroxyl groups is 1. The first-order valence-electron chi connectivity index (χ1n) is 11.9. The minimum Gasteiger partial charge on any atom is -0.394 e. The maximum atomic E-state index is 13.2. The molecule has 2 amide bonds. The van der Waals surface area contributed by atoms with Crippen molar-refractivity contribution in [2.45, 2.75) is 44.4 Å². The Morgan fingerprint density at radius 1 is 1.13 bits per heavy atom. The summed E-state index contributed by atoms with van der Waals surface area (Å²) in [5, 5.41) is 15.0. The number of hydrogen-bond donors (Lipinski definition) is 2. The lowest BCUT2D eigenvalue weighted by Crippen LogP contribution is -2.49. The first-order chi connectivity index (χ1) is 18.1. The van der Waals surface area contributed by atoms with E-state index in [9.17, 15) is 32.7 Å². The number of nitrogens with zero attached hydrogens (tertiary/aromatic N) is 4. The van der Waals surface area contributed by atoms with Crippen LogP contribution < -0.4 is 11.1 Å². The average Bonchev–Trinajstić information content (AvgIpc) is 3.66. The number of benzene rings is 2. The van der Waals surface area contributed by atoms with Crippen LogP contribution >= 0.6 is 11.6 Å². The van der Waals surface area contributed by atoms with Crippen molar-refractivity contribution in [2.75, 3.05) is 13.2 Å². The SMILES string of the molecule is O=C(Cn1nc(-c2ccc(Cl)cc2)n(C2CC2)c1=O)NN(CCO)C(=O)CCc1ccccc1C(F)(F)F. The van der Waals surface area contributed by atoms with Gasteiger partial charge in [0.2, 0.25) is 5.91 Å². The third-order valence-corrected chi connectivity index (χ3v) is 6.25. The molecule has 0 spiro atoms. The fourth-order valence-electron chi connectivity index (χ4n) is 4.04. The number of amides is 2. The predicted molar refractivity (Wildman–Crippen MR) is 132 cm³/mol. The van der Waals surface area contributed by atoms with Gasteiger partial charge >= 0.3 is 11.9 Å². The molecular weight excluding hydrogens is 527 g/mol. The second kappa shape index (κ2) is 11.4. The van der Waals surface area contributed by atoms with Crippen molar-refractivity contribution >= 4 is 23.4 Å². The Morgan fingerprint density at radius 3 is 2.45 bits per heavy atom. The number of nitrogens with one attached hydrogen (secondary N) is 1. The summed E-state index contributed by atoms with van der Waals surface area (Å²) < 4.78 is 42.2. The minimum atomic E-state index is -4.57. The summed E-state index contributed by atoms with van der Waals surface area (Å²) in [5.74, 6) is -1.07. The van der Waals surface area contributed by atoms with Gasteiger partial charge in [-0.25, -0.2) is 9.48 Å². The summed E-state index contributed by atoms with van der Waals surface area (Å²) in [6.45, 7) is -1.29. The molecule has 2 aromatic carbocycles. The van der Waals surface area contributed by atoms with E-state index in [2.05, 4.69) is 10.5 Å². The molecule has 1 saturated carbocycles. The van der Waals surface area contributed by atoms with Gasteiger partial charge in [0.1, 0.15) is 6.54 Å². The lowest BCUT2D eigenvalue weighted by molar-refractivity contribution is -0.142. The van der Waals surface area contributed by atoms with Crippen LogP contribution in [0.2, 0.25) is 5.02 Å². The van der Waals surface area contributed by atoms with Crippen LogP contribution in [-0.4, -0.2) is 49.4 Å². The standard InChI is InChI=1S/C25H25ClF3N5O4/c26-18-8-5-17(6-9-18)23-31-33(24(38)34(23)19-10-11-19)15-21(36)30-32(13-14-35)22(37)12-7-16-3-1-2-4-20(16)25(27,28)29/h1-6,8-9,19,35H,7,10-15H2,(H,30,36). The number of hydrazine groups is 1. The highest BCUT2D eigenvalue weighted by atomic mass is 35.5. The summed E-state index contributed by atoms with van der Waals surface area (Å²) in [7, 11) is 0. The van der Waals surface area contributed by atoms with Crippen molar-refractivity contribution < 1.29 is 27.9 Å². The number of carbonyl (C=O) groups excluding carboxylic acids is 2. The molecule has 38 heavy (non-hydrogen) atoms. The lowest BCUT2D eigenvalue weighted by Gasteiger charge is -2.22. The van der Waals surface area contributed by atoms with Gasteiger partial charge in [-0.15, -0.1) is 5.10 Å². The molecule has 1 aromatic heterocycles. The van der Waals surface area contributed by atoms with E-state index in [1.165, 1.54) is 22.8 Å². The van der Waals surface area contributed by atoms with E-state index in [1.807, 2.05) is 0 Å². The quantitative estimate of drug-likeness (QED) is 0.397. The van der Waals surface area contributed by atoms with Crippen molar-refractivity contribution in [3.8, 4) is 11.4 Å². The highest BCUT2D eigenvalue weighted by molar-refractivity contribution is 6.30. The first-order valence-corrected chi connectivity index (χ1v) is 12.3. The van der Waals surface area contributed by atoms with Crippen molar-refractivity contribution in [3.63, 3.8) is 0 Å². The normalized spacial score (nSPS) is 13.4. The Morgan fingerprint density at radius 2 is 1.82 bits per heavy atom. The van der Waals surface area contributed by atoms with Gasteiger partial charge in [-0.1, -0.05) is 29.8 Å². The number of alkyl halides is 3. The van der Waals surface area contributed by atoms with E-state index >= 15 is 0 Å². The largest absolute Gasteiger partial charge is 0.416 e. The molecule has 9 nitrogen and oxygen atoms in total. The van der Waals surface area contributed by atoms with Crippen LogP contribution in [0.15, 0.2) is 53.3 Å². The fourth-order valence-corrected chi connectivity index (χ4v) is 4.16. The molecule has 1 aliphatic rings. The number of aromatic nitrogens is 3. The zero-order valence-corrected chi connectivity index (χ0v) is 20.9. The Bertz CT molecular complexity index is 1370. The van der Waals surface area contributed by atoms with Crippen LogP contribution in [0.5, 0.6) is 0 Å². The summed E-state index contributed by atoms with van der Waals surface area (Å²) in [6.07, 6.45) is -3.53. The van der Waals surface area contributed by atoms with Crippen LogP contribution in [0.1, 0.15) is 36.4 Å². The highest BCUT2D eigenvalue weighted by Gasteiger charge is 2.33. The molecule has 1 heterocycles. The second-order valence-corrected chi connectivity index (χ2v) is 9.27. The average molecular weight is 552 g/mol. The number of carbonyl (C=O) groups is 2. The lowest BCUT2D eigenvalue weighted by atomic mass is 10.0. The fraction of sp³-hybridized carbons (Fsp3) is 0.360. The highest BCUT2D eigenvalue weighted by Crippen LogP contribution is 2.36. The van der Waals surface area contributed by atoms with E-state index in [0.717, 1.165) is 28.6 Å². The molecule has 0 atom stereocenters. The van der Waals surface area contributed by atoms with E-state index in [-0.39, 0.29) is 31.0 Å². The van der Waals surface area contributed by atoms with Gasteiger partial charge in [-0.2, -0.15) is 13.2 Å². The van der Waals surface area contributed by atoms with Crippen molar-refractivity contribution in [1.82, 2.24) is 24.8 Å². The van der Waals surface area contributed by atoms with Gasteiger partial charge < -0.3 is 5.11 Å². The molecule has 2 N–H and O–H groups in total. The topological polar surface area (TPSA) is 109 Å². The summed E-state index contributed by atoms with van der Waals surface area (Å²) in [6, 6.07) is 11.6. The Labute approximate surface area is 220 Å². The molecule has 13 heteroatoms. The van der Waals surface area contributed by atoms with Gasteiger partial charge in [0.05, 0.1) is 18.7 Å². The molecule has 0 radical (unpaired) electrons. The zero-order chi connectivity index (χ0) is 27.4. The number of hydrogen-bond acceptors (Lipinski definition) is 5. The molecule has 0 bridgehead atoms. The summed E-state index contributed by atoms with van der Waals surface area (Å²) >= 11 is 5.96. The molecule has 1 aliphatic carbocycles. The maximum absolute atomic E-state index is 13.2. The number of rotatable bonds is 9. The Kier molecular flexibility index (Phi) is 8.22. The zero-order valence-electron chi connectivity index (χ0n) is 20.1. The van der Waals surface area contributed by atoms with Crippen molar-refractivity contribution in [1.29, 1.82) is 0 Å². The predicted octanol–water partition coefficient (Wildman–Crippen LogP) is 3.20. The van der Waals surface area contributed by atoms with Crippen LogP contribution in [0.4, 0.5) is 13.2 Å². The number of aliphatic hydroxyl groups excluding tert-OH is 1. The van der Waals surface area contributed by atoms with Crippen molar-refractivity contribution in [2.24, 2.45) is 0 Å². The Hall–Kier alpha value is -3.64. The minimum absolute atomic E-state index is 0.0305. The van der Waals surface area contributed by atoms with Crippen LogP contribution in [-0.2, 0) is 28.7 Å². The monoisotopic (exact) mass is 551 g/mol. The molecule has 4 rings (SSSR count). The molecule has 0 aliphatic heterocycles. The van der Waals surface area contributed by atoms with Gasteiger partial charge in [-0.3, -0.25) is 24.6 Å². The second-order valence-electron chi connectivity index (χ2n) is 8.83. The Balaban J connectivity index is 1.45. The molecule has 0 unspecified atom stereocenters. The third kappa shape index (κ3) is 6.43. The molecule has 0 saturated heterocycles. The summed E-state index contributed by atoms with van der Waals surface area (Å²) in [5.41, 5.74) is 1.59. The van der Waals surface area contributed by atoms with Gasteiger partial charge in [-0.05, 0) is 55.2 Å². The summed E-state index contributed by atoms with van der Waals surface area (Å²) in [4.78, 5) is 38.5. The van der Waals surface area contributed by atoms with Crippen LogP contribution in [0, 0.1) is 0 Å². The first kappa shape index (κ1) is 27.4. The van der Waals surface area contributed by atoms with Crippen LogP contribution in [0.25, 0.3) is 11.4 Å². The van der Waals surface area contributed by atoms with E-state index in [0.29, 0.717) is 16.4 Å². The molecule has 3 aromatic rings. The van der Waals surface area contributed by atoms with Gasteiger partial charge in [0, 0.05) is 23.0 Å². The van der Waals surface area contributed by atoms with Crippen molar-refractivity contribution in [3.05, 3.63) is 75.2 Å². The number of halogens is 4. The van der Waals surface area contributed by atoms with Crippen LogP contribution in [0.3, 0.4) is 0 Å². The van der Waals surface area contributed by atoms with E-state index in [4.69, 9.17) is 11.6 Å². The maximum Gasteiger partial charge on any atom is 0.416 e. The molecular formula is C25H25ClF3N5O4. The van der Waals surface area contributed by atoms with E-state index < -0.39 is 42.4 Å². The third-order valence-electron chi connectivity index (χ3n) is 5.99. The smallest absolute Gasteiger partial charge is 0.394 e. The van der Waals surface area contributed by atoms with Gasteiger partial charge in [0.25, 0.3) is 5.91 Å². The molecule has 1 fully saturated rings. The van der Waals surface area contributed by atoms with Gasteiger partial charge in [0.15, 0.2) is 5.82 Å². The molecule has 202 valence electrons. The number of aryl methyl sites for hydroxylation is 1. The van der Waals surface area contributed by atoms with E-state index in [1.54, 1.807) is 24.3 Å².